The summed E-state index contributed by atoms with van der Waals surface area (Å²) in [5, 5.41) is 15.0. The molecular formula is C4H6BF3N2O3. The molecule has 0 amide bonds. The lowest BCUT2D eigenvalue weighted by molar-refractivity contribution is -0.288. The fraction of sp³-hybridized carbons (Fsp3) is 0.250. The molecule has 0 saturated carbocycles. The zero-order chi connectivity index (χ0) is 10.3. The van der Waals surface area contributed by atoms with Crippen LogP contribution in [-0.2, 0) is 4.65 Å². The summed E-state index contributed by atoms with van der Waals surface area (Å²) >= 11 is 0. The van der Waals surface area contributed by atoms with E-state index in [1.165, 1.54) is 0 Å². The van der Waals surface area contributed by atoms with Gasteiger partial charge in [0.25, 0.3) is 0 Å². The van der Waals surface area contributed by atoms with Crippen molar-refractivity contribution in [2.45, 2.75) is 6.36 Å². The average Bonchev–Trinajstić information content (AvgIpc) is 2.33. The second-order valence-electron chi connectivity index (χ2n) is 1.65. The molecule has 3 N–H and O–H groups in total. The summed E-state index contributed by atoms with van der Waals surface area (Å²) < 4.78 is 34.8. The van der Waals surface area contributed by atoms with Crippen LogP contribution >= 0.6 is 0 Å². The van der Waals surface area contributed by atoms with E-state index >= 15 is 0 Å². The largest absolute Gasteiger partial charge is 0.640 e. The number of halogens is 3. The van der Waals surface area contributed by atoms with Crippen molar-refractivity contribution in [2.75, 3.05) is 0 Å². The molecular weight excluding hydrogens is 192 g/mol. The third-order valence-corrected chi connectivity index (χ3v) is 0.645. The normalized spacial score (nSPS) is 10.2. The number of imidazole rings is 1. The Hall–Kier alpha value is -1.06. The van der Waals surface area contributed by atoms with E-state index in [1.54, 1.807) is 18.7 Å². The van der Waals surface area contributed by atoms with Crippen LogP contribution in [0.1, 0.15) is 0 Å². The van der Waals surface area contributed by atoms with E-state index in [-0.39, 0.29) is 0 Å². The fourth-order valence-electron chi connectivity index (χ4n) is 0.335. The van der Waals surface area contributed by atoms with Crippen LogP contribution in [0.5, 0.6) is 0 Å². The van der Waals surface area contributed by atoms with Crippen molar-refractivity contribution in [2.24, 2.45) is 0 Å². The van der Waals surface area contributed by atoms with Gasteiger partial charge in [-0.2, -0.15) is 0 Å². The van der Waals surface area contributed by atoms with Crippen LogP contribution in [0.2, 0.25) is 0 Å². The summed E-state index contributed by atoms with van der Waals surface area (Å²) in [6.07, 6.45) is 0.105. The Balaban J connectivity index is 0.000000243. The highest BCUT2D eigenvalue weighted by molar-refractivity contribution is 6.32. The molecule has 5 nitrogen and oxygen atoms in total. The number of hydrogen-bond acceptors (Lipinski definition) is 4. The summed E-state index contributed by atoms with van der Waals surface area (Å²) in [5.41, 5.74) is 0. The van der Waals surface area contributed by atoms with Gasteiger partial charge in [-0.1, -0.05) is 0 Å². The molecule has 0 radical (unpaired) electrons. The zero-order valence-electron chi connectivity index (χ0n) is 6.19. The molecule has 0 spiro atoms. The maximum atomic E-state index is 10.8. The van der Waals surface area contributed by atoms with Crippen molar-refractivity contribution in [1.82, 2.24) is 9.97 Å². The predicted octanol–water partition coefficient (Wildman–Crippen LogP) is -0.0980. The first-order chi connectivity index (χ1) is 5.92. The van der Waals surface area contributed by atoms with Crippen LogP contribution in [0.3, 0.4) is 0 Å². The first-order valence-corrected chi connectivity index (χ1v) is 2.95. The lowest BCUT2D eigenvalue weighted by atomic mass is 10.3. The van der Waals surface area contributed by atoms with Crippen molar-refractivity contribution >= 4 is 7.32 Å². The number of rotatable bonds is 1. The fourth-order valence-corrected chi connectivity index (χ4v) is 0.335. The third kappa shape index (κ3) is 10.9. The molecule has 1 aromatic heterocycles. The van der Waals surface area contributed by atoms with Gasteiger partial charge in [-0.05, 0) is 0 Å². The highest BCUT2D eigenvalue weighted by Crippen LogP contribution is 2.15. The summed E-state index contributed by atoms with van der Waals surface area (Å²) in [5.74, 6) is 0. The Morgan fingerprint density at radius 2 is 2.00 bits per heavy atom. The number of aromatic amines is 1. The van der Waals surface area contributed by atoms with E-state index in [2.05, 4.69) is 14.6 Å². The Morgan fingerprint density at radius 1 is 1.38 bits per heavy atom. The minimum Gasteiger partial charge on any atom is -0.402 e. The van der Waals surface area contributed by atoms with Gasteiger partial charge < -0.3 is 15.0 Å². The maximum Gasteiger partial charge on any atom is 0.640 e. The van der Waals surface area contributed by atoms with Gasteiger partial charge in [0.15, 0.2) is 0 Å². The van der Waals surface area contributed by atoms with Crippen molar-refractivity contribution in [3.05, 3.63) is 18.7 Å². The molecule has 1 heterocycles. The van der Waals surface area contributed by atoms with E-state index in [1.807, 2.05) is 0 Å². The van der Waals surface area contributed by atoms with Crippen LogP contribution < -0.4 is 0 Å². The number of aromatic nitrogens is 2. The molecule has 0 unspecified atom stereocenters. The van der Waals surface area contributed by atoms with E-state index in [0.717, 1.165) is 0 Å². The molecule has 0 fully saturated rings. The molecule has 0 aliphatic carbocycles. The first kappa shape index (κ1) is 11.9. The van der Waals surface area contributed by atoms with Crippen LogP contribution in [-0.4, -0.2) is 33.7 Å². The van der Waals surface area contributed by atoms with Crippen LogP contribution in [0, 0.1) is 0 Å². The summed E-state index contributed by atoms with van der Waals surface area (Å²) in [6.45, 7) is 0. The number of nitrogens with one attached hydrogen (secondary N) is 1. The van der Waals surface area contributed by atoms with Gasteiger partial charge in [0.2, 0.25) is 0 Å². The Kier molecular flexibility index (Phi) is 5.11. The zero-order valence-corrected chi connectivity index (χ0v) is 6.19. The average molecular weight is 198 g/mol. The molecule has 0 saturated heterocycles. The molecule has 0 aliphatic heterocycles. The number of hydrogen-bond donors (Lipinski definition) is 3. The van der Waals surface area contributed by atoms with E-state index < -0.39 is 13.7 Å². The first-order valence-electron chi connectivity index (χ1n) is 2.95. The molecule has 13 heavy (non-hydrogen) atoms. The van der Waals surface area contributed by atoms with Gasteiger partial charge in [0, 0.05) is 12.4 Å². The molecule has 9 heteroatoms. The molecule has 0 aliphatic rings. The SMILES string of the molecule is OB(O)OC(F)(F)F.c1c[nH]cn1. The quantitative estimate of drug-likeness (QED) is 0.550. The standard InChI is InChI=1S/C3H4N2.CH2BF3O3/c1-2-5-3-4-1;3-1(4,5)8-2(6)7/h1-3H,(H,4,5);6-7H. The van der Waals surface area contributed by atoms with Crippen molar-refractivity contribution in [3.8, 4) is 0 Å². The highest BCUT2D eigenvalue weighted by Gasteiger charge is 2.34. The molecule has 0 bridgehead atoms. The molecule has 1 rings (SSSR count). The van der Waals surface area contributed by atoms with Gasteiger partial charge >= 0.3 is 13.7 Å². The monoisotopic (exact) mass is 198 g/mol. The third-order valence-electron chi connectivity index (χ3n) is 0.645. The molecule has 74 valence electrons. The summed E-state index contributed by atoms with van der Waals surface area (Å²) in [6, 6.07) is 0. The maximum absolute atomic E-state index is 10.8. The summed E-state index contributed by atoms with van der Waals surface area (Å²) in [4.78, 5) is 6.42. The number of H-pyrrole nitrogens is 1. The predicted molar refractivity (Wildman–Crippen MR) is 35.9 cm³/mol. The highest BCUT2D eigenvalue weighted by atomic mass is 19.4. The van der Waals surface area contributed by atoms with E-state index in [9.17, 15) is 13.2 Å². The van der Waals surface area contributed by atoms with Gasteiger partial charge in [-0.3, -0.25) is 4.65 Å². The number of nitrogens with zero attached hydrogens (tertiary/aromatic N) is 1. The topological polar surface area (TPSA) is 78.4 Å². The molecule has 1 aromatic rings. The number of alkyl halides is 3. The Labute approximate surface area is 71.4 Å². The molecule has 0 atom stereocenters. The van der Waals surface area contributed by atoms with E-state index in [0.29, 0.717) is 0 Å². The second kappa shape index (κ2) is 5.57. The lowest BCUT2D eigenvalue weighted by Gasteiger charge is -2.03. The van der Waals surface area contributed by atoms with Gasteiger partial charge in [-0.25, -0.2) is 4.98 Å². The van der Waals surface area contributed by atoms with Crippen LogP contribution in [0.15, 0.2) is 18.7 Å². The minimum absolute atomic E-state index is 1.62. The smallest absolute Gasteiger partial charge is 0.402 e. The van der Waals surface area contributed by atoms with E-state index in [4.69, 9.17) is 10.0 Å². The minimum atomic E-state index is -4.98. The van der Waals surface area contributed by atoms with Gasteiger partial charge in [-0.15, -0.1) is 13.2 Å². The van der Waals surface area contributed by atoms with Crippen LogP contribution in [0.25, 0.3) is 0 Å². The lowest BCUT2D eigenvalue weighted by Crippen LogP contribution is -2.27. The summed E-state index contributed by atoms with van der Waals surface area (Å²) in [7, 11) is -2.78. The van der Waals surface area contributed by atoms with Crippen LogP contribution in [0.4, 0.5) is 13.2 Å². The Morgan fingerprint density at radius 3 is 2.08 bits per heavy atom. The molecule has 0 aromatic carbocycles. The van der Waals surface area contributed by atoms with Crippen molar-refractivity contribution in [3.63, 3.8) is 0 Å². The van der Waals surface area contributed by atoms with Gasteiger partial charge in [0.05, 0.1) is 6.33 Å². The van der Waals surface area contributed by atoms with Crippen molar-refractivity contribution < 1.29 is 27.9 Å². The Bertz CT molecular complexity index is 186. The van der Waals surface area contributed by atoms with Gasteiger partial charge in [0.1, 0.15) is 0 Å². The second-order valence-corrected chi connectivity index (χ2v) is 1.65. The van der Waals surface area contributed by atoms with Crippen molar-refractivity contribution in [1.29, 1.82) is 0 Å².